The Kier molecular flexibility index (Phi) is 3.07. The van der Waals surface area contributed by atoms with Gasteiger partial charge in [0.25, 0.3) is 0 Å². The molecular formula is C6H2Cl3OSi. The monoisotopic (exact) mass is 223 g/mol. The second kappa shape index (κ2) is 3.67. The van der Waals surface area contributed by atoms with Crippen molar-refractivity contribution in [2.24, 2.45) is 0 Å². The van der Waals surface area contributed by atoms with Crippen molar-refractivity contribution in [3.63, 3.8) is 0 Å². The van der Waals surface area contributed by atoms with E-state index >= 15 is 0 Å². The van der Waals surface area contributed by atoms with Crippen molar-refractivity contribution in [3.05, 3.63) is 27.2 Å². The molecule has 5 heteroatoms. The summed E-state index contributed by atoms with van der Waals surface area (Å²) < 4.78 is 4.71. The molecule has 0 aliphatic heterocycles. The van der Waals surface area contributed by atoms with Gasteiger partial charge in [0.2, 0.25) is 0 Å². The maximum atomic E-state index is 5.73. The van der Waals surface area contributed by atoms with Crippen LogP contribution in [0, 0.1) is 0 Å². The third-order valence-electron chi connectivity index (χ3n) is 1.11. The summed E-state index contributed by atoms with van der Waals surface area (Å²) in [5.41, 5.74) is 0. The van der Waals surface area contributed by atoms with Crippen LogP contribution < -0.4 is 4.43 Å². The highest BCUT2D eigenvalue weighted by atomic mass is 35.5. The fourth-order valence-electron chi connectivity index (χ4n) is 0.587. The smallest absolute Gasteiger partial charge is 0.341 e. The SMILES string of the molecule is [Si]Oc1ccc(Cl)c(Cl)c1Cl. The van der Waals surface area contributed by atoms with Crippen molar-refractivity contribution in [2.45, 2.75) is 0 Å². The van der Waals surface area contributed by atoms with Gasteiger partial charge in [-0.2, -0.15) is 0 Å². The Bertz CT molecular complexity index is 277. The molecule has 0 aliphatic carbocycles. The topological polar surface area (TPSA) is 9.23 Å². The van der Waals surface area contributed by atoms with E-state index in [1.165, 1.54) is 0 Å². The lowest BCUT2D eigenvalue weighted by Crippen LogP contribution is -1.86. The summed E-state index contributed by atoms with van der Waals surface area (Å²) >= 11 is 17.1. The first-order valence-corrected chi connectivity index (χ1v) is 4.18. The van der Waals surface area contributed by atoms with Crippen molar-refractivity contribution in [3.8, 4) is 5.75 Å². The highest BCUT2D eigenvalue weighted by molar-refractivity contribution is 6.48. The van der Waals surface area contributed by atoms with Gasteiger partial charge in [0.15, 0.2) is 0 Å². The van der Waals surface area contributed by atoms with E-state index in [0.717, 1.165) is 0 Å². The third-order valence-corrected chi connectivity index (χ3v) is 2.61. The fraction of sp³-hybridized carbons (Fsp3) is 0. The fourth-order valence-corrected chi connectivity index (χ4v) is 1.39. The number of hydrogen-bond donors (Lipinski definition) is 0. The third kappa shape index (κ3) is 1.82. The summed E-state index contributed by atoms with van der Waals surface area (Å²) in [6.07, 6.45) is 0. The van der Waals surface area contributed by atoms with E-state index in [-0.39, 0.29) is 0 Å². The van der Waals surface area contributed by atoms with Gasteiger partial charge in [-0.15, -0.1) is 0 Å². The van der Waals surface area contributed by atoms with E-state index in [4.69, 9.17) is 39.2 Å². The molecule has 57 valence electrons. The summed E-state index contributed by atoms with van der Waals surface area (Å²) in [5.74, 6) is 0.442. The largest absolute Gasteiger partial charge is 0.539 e. The maximum Gasteiger partial charge on any atom is 0.341 e. The summed E-state index contributed by atoms with van der Waals surface area (Å²) in [7, 11) is 2.83. The predicted molar refractivity (Wildman–Crippen MR) is 47.9 cm³/mol. The van der Waals surface area contributed by atoms with Gasteiger partial charge in [0, 0.05) is 0 Å². The molecule has 0 aromatic heterocycles. The summed E-state index contributed by atoms with van der Waals surface area (Å²) in [6.45, 7) is 0. The number of benzene rings is 1. The molecule has 0 unspecified atom stereocenters. The highest BCUT2D eigenvalue weighted by Gasteiger charge is 2.07. The summed E-state index contributed by atoms with van der Waals surface area (Å²) in [6, 6.07) is 3.22. The first-order chi connectivity index (χ1) is 5.16. The quantitative estimate of drug-likeness (QED) is 0.526. The van der Waals surface area contributed by atoms with Gasteiger partial charge >= 0.3 is 10.5 Å². The average molecular weight is 225 g/mol. The first-order valence-electron chi connectivity index (χ1n) is 2.64. The molecule has 0 saturated carbocycles. The molecule has 1 aromatic carbocycles. The zero-order valence-corrected chi connectivity index (χ0v) is 8.46. The van der Waals surface area contributed by atoms with Crippen molar-refractivity contribution in [2.75, 3.05) is 0 Å². The molecule has 1 aromatic rings. The summed E-state index contributed by atoms with van der Waals surface area (Å²) in [4.78, 5) is 0. The zero-order chi connectivity index (χ0) is 8.43. The molecule has 0 N–H and O–H groups in total. The minimum absolute atomic E-state index is 0.295. The summed E-state index contributed by atoms with van der Waals surface area (Å²) in [5, 5.41) is 1.00. The van der Waals surface area contributed by atoms with Crippen LogP contribution in [0.3, 0.4) is 0 Å². The van der Waals surface area contributed by atoms with E-state index < -0.39 is 0 Å². The highest BCUT2D eigenvalue weighted by Crippen LogP contribution is 2.36. The van der Waals surface area contributed by atoms with E-state index in [1.807, 2.05) is 0 Å². The second-order valence-corrected chi connectivity index (χ2v) is 3.14. The van der Waals surface area contributed by atoms with Crippen molar-refractivity contribution in [1.82, 2.24) is 0 Å². The molecule has 0 atom stereocenters. The van der Waals surface area contributed by atoms with Gasteiger partial charge in [-0.1, -0.05) is 34.8 Å². The molecule has 0 bridgehead atoms. The Morgan fingerprint density at radius 2 is 1.73 bits per heavy atom. The molecule has 3 radical (unpaired) electrons. The Morgan fingerprint density at radius 3 is 2.27 bits per heavy atom. The predicted octanol–water partition coefficient (Wildman–Crippen LogP) is 3.11. The Balaban J connectivity index is 3.25. The number of rotatable bonds is 1. The number of halogens is 3. The van der Waals surface area contributed by atoms with Crippen LogP contribution >= 0.6 is 34.8 Å². The Morgan fingerprint density at radius 1 is 1.09 bits per heavy atom. The van der Waals surface area contributed by atoms with Crippen LogP contribution in [0.5, 0.6) is 5.75 Å². The second-order valence-electron chi connectivity index (χ2n) is 1.78. The van der Waals surface area contributed by atoms with Gasteiger partial charge < -0.3 is 4.43 Å². The molecular weight excluding hydrogens is 223 g/mol. The molecule has 1 rings (SSSR count). The van der Waals surface area contributed by atoms with Crippen molar-refractivity contribution < 1.29 is 4.43 Å². The molecule has 0 spiro atoms. The van der Waals surface area contributed by atoms with Crippen LogP contribution in [0.25, 0.3) is 0 Å². The van der Waals surface area contributed by atoms with E-state index in [0.29, 0.717) is 20.8 Å². The van der Waals surface area contributed by atoms with E-state index in [1.54, 1.807) is 12.1 Å². The molecule has 0 fully saturated rings. The molecule has 1 nitrogen and oxygen atoms in total. The van der Waals surface area contributed by atoms with Crippen LogP contribution in [-0.2, 0) is 0 Å². The van der Waals surface area contributed by atoms with Crippen LogP contribution in [0.15, 0.2) is 12.1 Å². The molecule has 0 heterocycles. The standard InChI is InChI=1S/C6H2Cl3OSi/c7-3-1-2-4(10-11)6(9)5(3)8/h1-2H. The van der Waals surface area contributed by atoms with Crippen LogP contribution in [0.4, 0.5) is 0 Å². The van der Waals surface area contributed by atoms with Gasteiger partial charge in [-0.3, -0.25) is 0 Å². The van der Waals surface area contributed by atoms with E-state index in [2.05, 4.69) is 10.5 Å². The Hall–Kier alpha value is 0.107. The van der Waals surface area contributed by atoms with Gasteiger partial charge in [0.05, 0.1) is 10.0 Å². The van der Waals surface area contributed by atoms with Crippen LogP contribution in [0.1, 0.15) is 0 Å². The van der Waals surface area contributed by atoms with Crippen LogP contribution in [-0.4, -0.2) is 10.5 Å². The minimum Gasteiger partial charge on any atom is -0.539 e. The maximum absolute atomic E-state index is 5.73. The van der Waals surface area contributed by atoms with E-state index in [9.17, 15) is 0 Å². The van der Waals surface area contributed by atoms with Gasteiger partial charge in [-0.25, -0.2) is 0 Å². The van der Waals surface area contributed by atoms with Crippen LogP contribution in [0.2, 0.25) is 15.1 Å². The lowest BCUT2D eigenvalue weighted by Gasteiger charge is -2.04. The normalized spacial score (nSPS) is 9.82. The lowest BCUT2D eigenvalue weighted by molar-refractivity contribution is 0.616. The van der Waals surface area contributed by atoms with Crippen molar-refractivity contribution >= 4 is 45.3 Å². The molecule has 11 heavy (non-hydrogen) atoms. The average Bonchev–Trinajstić information content (AvgIpc) is 2.01. The van der Waals surface area contributed by atoms with Gasteiger partial charge in [-0.05, 0) is 12.1 Å². The Labute approximate surface area is 82.7 Å². The lowest BCUT2D eigenvalue weighted by atomic mass is 10.3. The van der Waals surface area contributed by atoms with Gasteiger partial charge in [0.1, 0.15) is 10.8 Å². The van der Waals surface area contributed by atoms with Crippen molar-refractivity contribution in [1.29, 1.82) is 0 Å². The molecule has 0 aliphatic rings. The molecule has 0 amide bonds. The molecule has 0 saturated heterocycles. The number of hydrogen-bond acceptors (Lipinski definition) is 1. The minimum atomic E-state index is 0.295. The first kappa shape index (κ1) is 9.20. The zero-order valence-electron chi connectivity index (χ0n) is 5.20.